The third kappa shape index (κ3) is 2.30. The van der Waals surface area contributed by atoms with E-state index in [2.05, 4.69) is 24.1 Å². The third-order valence-corrected chi connectivity index (χ3v) is 5.97. The average Bonchev–Trinajstić information content (AvgIpc) is 2.99. The van der Waals surface area contributed by atoms with Gasteiger partial charge in [0.05, 0.1) is 6.10 Å². The molecule has 0 spiro atoms. The molecule has 120 valence electrons. The number of likely N-dealkylation sites (tertiary alicyclic amines) is 1. The van der Waals surface area contributed by atoms with Crippen molar-refractivity contribution in [3.8, 4) is 0 Å². The Hall–Kier alpha value is -0.650. The summed E-state index contributed by atoms with van der Waals surface area (Å²) in [6, 6.07) is 0. The highest BCUT2D eigenvalue weighted by Crippen LogP contribution is 2.57. The molecule has 1 aliphatic carbocycles. The Balaban J connectivity index is 1.57. The van der Waals surface area contributed by atoms with Crippen molar-refractivity contribution >= 4 is 5.91 Å². The van der Waals surface area contributed by atoms with Crippen LogP contribution in [0.3, 0.4) is 0 Å². The second-order valence-corrected chi connectivity index (χ2v) is 7.44. The van der Waals surface area contributed by atoms with Gasteiger partial charge in [0.2, 0.25) is 5.91 Å². The molecular formula is C16H29N3O2. The Bertz CT molecular complexity index is 406. The van der Waals surface area contributed by atoms with E-state index in [1.807, 2.05) is 0 Å². The lowest BCUT2D eigenvalue weighted by Gasteiger charge is -2.65. The summed E-state index contributed by atoms with van der Waals surface area (Å²) in [6.45, 7) is 8.90. The van der Waals surface area contributed by atoms with E-state index in [0.29, 0.717) is 6.54 Å². The SMILES string of the molecule is CC1(C)C2OCCCC2C1(N)C(=O)NCCN1CCCC1. The van der Waals surface area contributed by atoms with Gasteiger partial charge >= 0.3 is 0 Å². The predicted molar refractivity (Wildman–Crippen MR) is 81.8 cm³/mol. The first kappa shape index (κ1) is 15.3. The van der Waals surface area contributed by atoms with Crippen molar-refractivity contribution in [3.63, 3.8) is 0 Å². The maximum atomic E-state index is 12.7. The van der Waals surface area contributed by atoms with Crippen molar-refractivity contribution in [1.82, 2.24) is 10.2 Å². The highest BCUT2D eigenvalue weighted by Gasteiger charge is 2.70. The maximum Gasteiger partial charge on any atom is 0.241 e. The molecule has 3 unspecified atom stereocenters. The molecule has 5 heteroatoms. The van der Waals surface area contributed by atoms with Gasteiger partial charge in [-0.2, -0.15) is 0 Å². The minimum atomic E-state index is -0.775. The second-order valence-electron chi connectivity index (χ2n) is 7.44. The molecule has 0 bridgehead atoms. The first-order valence-electron chi connectivity index (χ1n) is 8.39. The summed E-state index contributed by atoms with van der Waals surface area (Å²) in [5.74, 6) is 0.187. The average molecular weight is 295 g/mol. The quantitative estimate of drug-likeness (QED) is 0.802. The zero-order valence-electron chi connectivity index (χ0n) is 13.4. The molecule has 0 aromatic carbocycles. The van der Waals surface area contributed by atoms with Crippen LogP contribution in [0.5, 0.6) is 0 Å². The predicted octanol–water partition coefficient (Wildman–Crippen LogP) is 0.731. The summed E-state index contributed by atoms with van der Waals surface area (Å²) in [4.78, 5) is 15.1. The fourth-order valence-electron chi connectivity index (χ4n) is 4.52. The smallest absolute Gasteiger partial charge is 0.241 e. The molecule has 3 fully saturated rings. The van der Waals surface area contributed by atoms with Crippen molar-refractivity contribution in [2.24, 2.45) is 17.1 Å². The van der Waals surface area contributed by atoms with E-state index in [0.717, 1.165) is 39.1 Å². The maximum absolute atomic E-state index is 12.7. The molecular weight excluding hydrogens is 266 g/mol. The fourth-order valence-corrected chi connectivity index (χ4v) is 4.52. The number of carbonyl (C=O) groups excluding carboxylic acids is 1. The number of nitrogens with one attached hydrogen (secondary N) is 1. The summed E-state index contributed by atoms with van der Waals surface area (Å²) in [5.41, 5.74) is 5.51. The number of hydrogen-bond acceptors (Lipinski definition) is 4. The number of rotatable bonds is 4. The van der Waals surface area contributed by atoms with Gasteiger partial charge in [-0.25, -0.2) is 0 Å². The van der Waals surface area contributed by atoms with Crippen LogP contribution in [-0.2, 0) is 9.53 Å². The van der Waals surface area contributed by atoms with Crippen molar-refractivity contribution < 1.29 is 9.53 Å². The largest absolute Gasteiger partial charge is 0.377 e. The first-order valence-corrected chi connectivity index (χ1v) is 8.39. The highest BCUT2D eigenvalue weighted by atomic mass is 16.5. The molecule has 2 saturated heterocycles. The number of amides is 1. The molecule has 0 aromatic heterocycles. The minimum Gasteiger partial charge on any atom is -0.377 e. The van der Waals surface area contributed by atoms with Gasteiger partial charge in [0, 0.05) is 31.0 Å². The van der Waals surface area contributed by atoms with E-state index in [9.17, 15) is 4.79 Å². The number of nitrogens with two attached hydrogens (primary N) is 1. The Kier molecular flexibility index (Phi) is 4.01. The van der Waals surface area contributed by atoms with Crippen LogP contribution in [0.15, 0.2) is 0 Å². The Morgan fingerprint density at radius 3 is 2.76 bits per heavy atom. The van der Waals surface area contributed by atoms with Gasteiger partial charge in [-0.1, -0.05) is 13.8 Å². The lowest BCUT2D eigenvalue weighted by molar-refractivity contribution is -0.225. The van der Waals surface area contributed by atoms with E-state index < -0.39 is 5.54 Å². The van der Waals surface area contributed by atoms with E-state index in [1.54, 1.807) is 0 Å². The number of carbonyl (C=O) groups is 1. The number of nitrogens with zero attached hydrogens (tertiary/aromatic N) is 1. The molecule has 1 saturated carbocycles. The number of ether oxygens (including phenoxy) is 1. The second kappa shape index (κ2) is 5.52. The molecule has 21 heavy (non-hydrogen) atoms. The molecule has 3 atom stereocenters. The van der Waals surface area contributed by atoms with Gasteiger partial charge in [-0.3, -0.25) is 4.79 Å². The molecule has 0 aromatic rings. The van der Waals surface area contributed by atoms with Crippen molar-refractivity contribution in [1.29, 1.82) is 0 Å². The van der Waals surface area contributed by atoms with Crippen molar-refractivity contribution in [2.75, 3.05) is 32.8 Å². The molecule has 3 rings (SSSR count). The van der Waals surface area contributed by atoms with Gasteiger partial charge in [0.25, 0.3) is 0 Å². The molecule has 3 aliphatic rings. The lowest BCUT2D eigenvalue weighted by atomic mass is 9.46. The molecule has 2 heterocycles. The molecule has 2 aliphatic heterocycles. The van der Waals surface area contributed by atoms with Crippen LogP contribution in [0.25, 0.3) is 0 Å². The summed E-state index contributed by atoms with van der Waals surface area (Å²) < 4.78 is 5.86. The van der Waals surface area contributed by atoms with Crippen LogP contribution in [0.1, 0.15) is 39.5 Å². The van der Waals surface area contributed by atoms with E-state index in [1.165, 1.54) is 12.8 Å². The number of hydrogen-bond donors (Lipinski definition) is 2. The van der Waals surface area contributed by atoms with Gasteiger partial charge < -0.3 is 20.7 Å². The zero-order valence-corrected chi connectivity index (χ0v) is 13.4. The normalized spacial score (nSPS) is 38.6. The van der Waals surface area contributed by atoms with Crippen LogP contribution in [0, 0.1) is 11.3 Å². The standard InChI is InChI=1S/C16H29N3O2/c1-15(2)13-12(6-5-11-21-13)16(15,17)14(20)18-7-10-19-8-3-4-9-19/h12-13H,3-11,17H2,1-2H3,(H,18,20). The topological polar surface area (TPSA) is 67.6 Å². The Morgan fingerprint density at radius 1 is 1.33 bits per heavy atom. The van der Waals surface area contributed by atoms with Crippen molar-refractivity contribution in [3.05, 3.63) is 0 Å². The van der Waals surface area contributed by atoms with Crippen LogP contribution >= 0.6 is 0 Å². The van der Waals surface area contributed by atoms with Crippen LogP contribution in [0.4, 0.5) is 0 Å². The van der Waals surface area contributed by atoms with Crippen molar-refractivity contribution in [2.45, 2.75) is 51.2 Å². The molecule has 3 N–H and O–H groups in total. The fraction of sp³-hybridized carbons (Fsp3) is 0.938. The van der Waals surface area contributed by atoms with Gasteiger partial charge in [-0.05, 0) is 38.8 Å². The monoisotopic (exact) mass is 295 g/mol. The lowest BCUT2D eigenvalue weighted by Crippen LogP contribution is -2.82. The van der Waals surface area contributed by atoms with Gasteiger partial charge in [0.1, 0.15) is 5.54 Å². The molecule has 5 nitrogen and oxygen atoms in total. The van der Waals surface area contributed by atoms with Gasteiger partial charge in [-0.15, -0.1) is 0 Å². The molecule has 0 radical (unpaired) electrons. The van der Waals surface area contributed by atoms with Crippen LogP contribution in [0.2, 0.25) is 0 Å². The van der Waals surface area contributed by atoms with Crippen LogP contribution in [-0.4, -0.2) is 55.2 Å². The summed E-state index contributed by atoms with van der Waals surface area (Å²) in [6.07, 6.45) is 4.72. The van der Waals surface area contributed by atoms with E-state index in [4.69, 9.17) is 10.5 Å². The van der Waals surface area contributed by atoms with E-state index in [-0.39, 0.29) is 23.3 Å². The van der Waals surface area contributed by atoms with Gasteiger partial charge in [0.15, 0.2) is 0 Å². The Morgan fingerprint density at radius 2 is 2.05 bits per heavy atom. The summed E-state index contributed by atoms with van der Waals surface area (Å²) in [7, 11) is 0. The highest BCUT2D eigenvalue weighted by molar-refractivity contribution is 5.89. The van der Waals surface area contributed by atoms with Crippen LogP contribution < -0.4 is 11.1 Å². The third-order valence-electron chi connectivity index (χ3n) is 5.97. The summed E-state index contributed by atoms with van der Waals surface area (Å²) in [5, 5.41) is 3.08. The number of fused-ring (bicyclic) bond motifs is 1. The zero-order chi connectivity index (χ0) is 15.1. The molecule has 1 amide bonds. The van der Waals surface area contributed by atoms with E-state index >= 15 is 0 Å². The first-order chi connectivity index (χ1) is 9.98. The summed E-state index contributed by atoms with van der Waals surface area (Å²) >= 11 is 0. The minimum absolute atomic E-state index is 0.0125. The Labute approximate surface area is 127 Å².